The van der Waals surface area contributed by atoms with E-state index < -0.39 is 0 Å². The number of hydrogen-bond acceptors (Lipinski definition) is 1. The third-order valence-electron chi connectivity index (χ3n) is 7.02. The number of allylic oxidation sites excluding steroid dienone is 2. The number of carbonyl (C=O) groups is 1. The van der Waals surface area contributed by atoms with Gasteiger partial charge in [-0.3, -0.25) is 4.79 Å². The van der Waals surface area contributed by atoms with Gasteiger partial charge in [0.15, 0.2) is 0 Å². The lowest BCUT2D eigenvalue weighted by molar-refractivity contribution is -0.121. The van der Waals surface area contributed by atoms with Crippen molar-refractivity contribution in [3.63, 3.8) is 0 Å². The van der Waals surface area contributed by atoms with Crippen molar-refractivity contribution in [3.8, 4) is 0 Å². The Morgan fingerprint density at radius 2 is 0.824 bits per heavy atom. The van der Waals surface area contributed by atoms with Crippen LogP contribution < -0.4 is 5.32 Å². The Kier molecular flexibility index (Phi) is 29.5. The topological polar surface area (TPSA) is 29.1 Å². The normalized spacial score (nSPS) is 11.5. The SMILES string of the molecule is CCCCCC/C=C\CCCCCCCCNC(=O)CCCCCCCCCCCCCCC. The molecule has 0 aromatic heterocycles. The molecule has 1 N–H and O–H groups in total. The van der Waals surface area contributed by atoms with Gasteiger partial charge in [0.25, 0.3) is 0 Å². The van der Waals surface area contributed by atoms with Crippen molar-refractivity contribution in [2.75, 3.05) is 6.54 Å². The first kappa shape index (κ1) is 33.2. The summed E-state index contributed by atoms with van der Waals surface area (Å²) in [5, 5.41) is 3.12. The summed E-state index contributed by atoms with van der Waals surface area (Å²) in [4.78, 5) is 12.0. The Labute approximate surface area is 215 Å². The molecule has 0 aliphatic rings. The third kappa shape index (κ3) is 29.2. The second-order valence-corrected chi connectivity index (χ2v) is 10.6. The number of amides is 1. The predicted octanol–water partition coefficient (Wildman–Crippen LogP) is 10.8. The first-order valence-electron chi connectivity index (χ1n) is 15.7. The second kappa shape index (κ2) is 30.2. The van der Waals surface area contributed by atoms with Crippen LogP contribution >= 0.6 is 0 Å². The standard InChI is InChI=1S/C32H63NO/c1-3-5-7-9-11-13-15-17-19-21-23-25-27-29-31-33-32(34)30-28-26-24-22-20-18-16-14-12-10-8-6-4-2/h13,15H,3-12,14,16-31H2,1-2H3,(H,33,34)/b15-13-. The number of nitrogens with one attached hydrogen (secondary N) is 1. The molecular weight excluding hydrogens is 414 g/mol. The lowest BCUT2D eigenvalue weighted by Crippen LogP contribution is -2.23. The summed E-state index contributed by atoms with van der Waals surface area (Å²) in [7, 11) is 0. The highest BCUT2D eigenvalue weighted by Gasteiger charge is 2.01. The molecule has 0 spiro atoms. The first-order valence-corrected chi connectivity index (χ1v) is 15.7. The predicted molar refractivity (Wildman–Crippen MR) is 154 cm³/mol. The van der Waals surface area contributed by atoms with E-state index in [9.17, 15) is 4.79 Å². The van der Waals surface area contributed by atoms with Crippen molar-refractivity contribution >= 4 is 5.91 Å². The summed E-state index contributed by atoms with van der Waals surface area (Å²) in [5.41, 5.74) is 0. The monoisotopic (exact) mass is 477 g/mol. The van der Waals surface area contributed by atoms with Crippen molar-refractivity contribution in [2.24, 2.45) is 0 Å². The van der Waals surface area contributed by atoms with E-state index >= 15 is 0 Å². The minimum Gasteiger partial charge on any atom is -0.356 e. The van der Waals surface area contributed by atoms with Gasteiger partial charge >= 0.3 is 0 Å². The molecular formula is C32H63NO. The van der Waals surface area contributed by atoms with E-state index in [4.69, 9.17) is 0 Å². The Morgan fingerprint density at radius 3 is 1.29 bits per heavy atom. The van der Waals surface area contributed by atoms with E-state index in [2.05, 4.69) is 31.3 Å². The van der Waals surface area contributed by atoms with Gasteiger partial charge in [0, 0.05) is 13.0 Å². The quantitative estimate of drug-likeness (QED) is 0.0880. The Hall–Kier alpha value is -0.790. The van der Waals surface area contributed by atoms with Gasteiger partial charge in [0.2, 0.25) is 5.91 Å². The molecule has 0 saturated carbocycles. The minimum absolute atomic E-state index is 0.268. The van der Waals surface area contributed by atoms with Gasteiger partial charge in [-0.2, -0.15) is 0 Å². The van der Waals surface area contributed by atoms with E-state index in [1.807, 2.05) is 0 Å². The van der Waals surface area contributed by atoms with Gasteiger partial charge in [-0.15, -0.1) is 0 Å². The molecule has 0 bridgehead atoms. The van der Waals surface area contributed by atoms with Crippen LogP contribution in [0.4, 0.5) is 0 Å². The zero-order valence-corrected chi connectivity index (χ0v) is 23.7. The molecule has 1 amide bonds. The van der Waals surface area contributed by atoms with Gasteiger partial charge < -0.3 is 5.32 Å². The second-order valence-electron chi connectivity index (χ2n) is 10.6. The summed E-state index contributed by atoms with van der Waals surface area (Å²) < 4.78 is 0. The molecule has 0 heterocycles. The zero-order valence-electron chi connectivity index (χ0n) is 23.7. The maximum Gasteiger partial charge on any atom is 0.219 e. The molecule has 0 saturated heterocycles. The average Bonchev–Trinajstić information content (AvgIpc) is 2.84. The van der Waals surface area contributed by atoms with Crippen LogP contribution in [0.3, 0.4) is 0 Å². The van der Waals surface area contributed by atoms with Crippen molar-refractivity contribution in [3.05, 3.63) is 12.2 Å². The van der Waals surface area contributed by atoms with Crippen LogP contribution in [-0.2, 0) is 4.79 Å². The molecule has 202 valence electrons. The van der Waals surface area contributed by atoms with E-state index in [1.165, 1.54) is 148 Å². The maximum atomic E-state index is 12.0. The molecule has 0 radical (unpaired) electrons. The van der Waals surface area contributed by atoms with Crippen LogP contribution in [-0.4, -0.2) is 12.5 Å². The maximum absolute atomic E-state index is 12.0. The van der Waals surface area contributed by atoms with E-state index in [-0.39, 0.29) is 5.91 Å². The van der Waals surface area contributed by atoms with Crippen LogP contribution in [0.2, 0.25) is 0 Å². The van der Waals surface area contributed by atoms with Crippen LogP contribution in [0.15, 0.2) is 12.2 Å². The number of unbranched alkanes of at least 4 members (excludes halogenated alkanes) is 22. The Morgan fingerprint density at radius 1 is 0.471 bits per heavy atom. The smallest absolute Gasteiger partial charge is 0.219 e. The molecule has 0 unspecified atom stereocenters. The Balaban J connectivity index is 3.18. The highest BCUT2D eigenvalue weighted by molar-refractivity contribution is 5.75. The fraction of sp³-hybridized carbons (Fsp3) is 0.906. The average molecular weight is 478 g/mol. The van der Waals surface area contributed by atoms with Crippen molar-refractivity contribution in [1.82, 2.24) is 5.32 Å². The summed E-state index contributed by atoms with van der Waals surface area (Å²) >= 11 is 0. The van der Waals surface area contributed by atoms with Gasteiger partial charge in [-0.05, 0) is 38.5 Å². The minimum atomic E-state index is 0.268. The summed E-state index contributed by atoms with van der Waals surface area (Å²) in [6.07, 6.45) is 38.9. The summed E-state index contributed by atoms with van der Waals surface area (Å²) in [6, 6.07) is 0. The van der Waals surface area contributed by atoms with E-state index in [0.29, 0.717) is 0 Å². The highest BCUT2D eigenvalue weighted by atomic mass is 16.1. The highest BCUT2D eigenvalue weighted by Crippen LogP contribution is 2.13. The fourth-order valence-corrected chi connectivity index (χ4v) is 4.64. The largest absolute Gasteiger partial charge is 0.356 e. The summed E-state index contributed by atoms with van der Waals surface area (Å²) in [6.45, 7) is 5.43. The molecule has 0 aromatic carbocycles. The molecule has 34 heavy (non-hydrogen) atoms. The molecule has 0 aliphatic heterocycles. The number of rotatable bonds is 28. The van der Waals surface area contributed by atoms with Crippen molar-refractivity contribution < 1.29 is 4.79 Å². The van der Waals surface area contributed by atoms with Crippen LogP contribution in [0, 0.1) is 0 Å². The molecule has 0 aliphatic carbocycles. The molecule has 0 rings (SSSR count). The van der Waals surface area contributed by atoms with Gasteiger partial charge in [0.1, 0.15) is 0 Å². The van der Waals surface area contributed by atoms with Gasteiger partial charge in [-0.1, -0.05) is 148 Å². The fourth-order valence-electron chi connectivity index (χ4n) is 4.64. The van der Waals surface area contributed by atoms with E-state index in [1.54, 1.807) is 0 Å². The Bertz CT molecular complexity index is 417. The molecule has 0 atom stereocenters. The molecule has 0 aromatic rings. The lowest BCUT2D eigenvalue weighted by Gasteiger charge is -2.06. The lowest BCUT2D eigenvalue weighted by atomic mass is 10.0. The molecule has 0 fully saturated rings. The van der Waals surface area contributed by atoms with Crippen LogP contribution in [0.25, 0.3) is 0 Å². The van der Waals surface area contributed by atoms with Gasteiger partial charge in [-0.25, -0.2) is 0 Å². The van der Waals surface area contributed by atoms with Crippen molar-refractivity contribution in [1.29, 1.82) is 0 Å². The summed E-state index contributed by atoms with van der Waals surface area (Å²) in [5.74, 6) is 0.268. The number of carbonyl (C=O) groups excluding carboxylic acids is 1. The van der Waals surface area contributed by atoms with Crippen LogP contribution in [0.5, 0.6) is 0 Å². The molecule has 2 nitrogen and oxygen atoms in total. The first-order chi connectivity index (χ1) is 16.8. The van der Waals surface area contributed by atoms with E-state index in [0.717, 1.165) is 25.8 Å². The third-order valence-corrected chi connectivity index (χ3v) is 7.02. The van der Waals surface area contributed by atoms with Gasteiger partial charge in [0.05, 0.1) is 0 Å². The number of hydrogen-bond donors (Lipinski definition) is 1. The van der Waals surface area contributed by atoms with Crippen molar-refractivity contribution in [2.45, 2.75) is 181 Å². The van der Waals surface area contributed by atoms with Crippen LogP contribution in [0.1, 0.15) is 181 Å². The zero-order chi connectivity index (χ0) is 24.8. The molecule has 2 heteroatoms.